The van der Waals surface area contributed by atoms with E-state index in [9.17, 15) is 18.0 Å². The van der Waals surface area contributed by atoms with Gasteiger partial charge in [0.15, 0.2) is 0 Å². The molecule has 2 fully saturated rings. The highest BCUT2D eigenvalue weighted by Crippen LogP contribution is 2.22. The van der Waals surface area contributed by atoms with Crippen molar-refractivity contribution in [1.82, 2.24) is 15.1 Å². The quantitative estimate of drug-likeness (QED) is 0.642. The Balaban J connectivity index is 2.01. The predicted molar refractivity (Wildman–Crippen MR) is 65.9 cm³/mol. The third-order valence-corrected chi connectivity index (χ3v) is 3.85. The predicted octanol–water partition coefficient (Wildman–Crippen LogP) is -1.41. The van der Waals surface area contributed by atoms with E-state index in [1.807, 2.05) is 0 Å². The maximum atomic E-state index is 12.2. The van der Waals surface area contributed by atoms with Crippen LogP contribution in [0.3, 0.4) is 0 Å². The van der Waals surface area contributed by atoms with Crippen molar-refractivity contribution >= 4 is 22.1 Å². The normalized spacial score (nSPS) is 28.7. The van der Waals surface area contributed by atoms with Crippen molar-refractivity contribution in [2.24, 2.45) is 0 Å². The maximum absolute atomic E-state index is 12.2. The fraction of sp³-hybridized carbons (Fsp3) is 0.800. The van der Waals surface area contributed by atoms with Gasteiger partial charge < -0.3 is 5.32 Å². The highest BCUT2D eigenvalue weighted by atomic mass is 32.2. The van der Waals surface area contributed by atoms with Gasteiger partial charge >= 0.3 is 6.03 Å². The van der Waals surface area contributed by atoms with Crippen LogP contribution in [-0.2, 0) is 19.1 Å². The molecule has 2 aliphatic heterocycles. The van der Waals surface area contributed by atoms with Gasteiger partial charge in [0.05, 0.1) is 18.4 Å². The summed E-state index contributed by atoms with van der Waals surface area (Å²) in [5.74, 6) is -0.308. The van der Waals surface area contributed by atoms with E-state index >= 15 is 0 Å². The van der Waals surface area contributed by atoms with Crippen LogP contribution in [0.15, 0.2) is 0 Å². The Kier molecular flexibility index (Phi) is 3.79. The van der Waals surface area contributed by atoms with Crippen LogP contribution >= 0.6 is 0 Å². The van der Waals surface area contributed by atoms with Crippen LogP contribution in [0.25, 0.3) is 0 Å². The second kappa shape index (κ2) is 5.06. The summed E-state index contributed by atoms with van der Waals surface area (Å²) in [6.07, 6.45) is 0.710. The van der Waals surface area contributed by atoms with E-state index in [-0.39, 0.29) is 12.3 Å². The molecule has 0 spiro atoms. The third-order valence-electron chi connectivity index (χ3n) is 3.23. The lowest BCUT2D eigenvalue weighted by molar-refractivity contribution is -0.131. The zero-order valence-electron chi connectivity index (χ0n) is 10.8. The molecule has 2 heterocycles. The number of carbonyl (C=O) groups excluding carboxylic acids is 2. The minimum Gasteiger partial charge on any atom is -0.336 e. The number of likely N-dealkylation sites (N-methyl/N-ethyl adjacent to an activating group) is 1. The molecule has 1 N–H and O–H groups in total. The zero-order valence-corrected chi connectivity index (χ0v) is 11.6. The number of carbonyl (C=O) groups is 2. The summed E-state index contributed by atoms with van der Waals surface area (Å²) in [4.78, 5) is 26.5. The molecule has 108 valence electrons. The number of nitrogens with zero attached hydrogens (tertiary/aromatic N) is 2. The monoisotopic (exact) mass is 291 g/mol. The first-order valence-electron chi connectivity index (χ1n) is 5.95. The molecule has 0 aromatic carbocycles. The first-order chi connectivity index (χ1) is 8.78. The number of urea groups is 1. The number of likely N-dealkylation sites (tertiary alicyclic amines) is 1. The Bertz CT molecular complexity index is 491. The van der Waals surface area contributed by atoms with Crippen LogP contribution in [-0.4, -0.2) is 75.2 Å². The number of hydrogen-bond acceptors (Lipinski definition) is 6. The van der Waals surface area contributed by atoms with Gasteiger partial charge in [-0.1, -0.05) is 0 Å². The molecule has 8 nitrogen and oxygen atoms in total. The molecule has 0 radical (unpaired) electrons. The fourth-order valence-electron chi connectivity index (χ4n) is 2.42. The summed E-state index contributed by atoms with van der Waals surface area (Å²) in [7, 11) is -1.83. The van der Waals surface area contributed by atoms with Crippen molar-refractivity contribution < 1.29 is 22.2 Å². The zero-order chi connectivity index (χ0) is 14.2. The van der Waals surface area contributed by atoms with Crippen molar-refractivity contribution in [2.75, 3.05) is 32.9 Å². The minimum absolute atomic E-state index is 0.270. The topological polar surface area (TPSA) is 96.0 Å². The Morgan fingerprint density at radius 1 is 1.47 bits per heavy atom. The summed E-state index contributed by atoms with van der Waals surface area (Å²) in [6.45, 7) is 1.14. The molecule has 0 bridgehead atoms. The van der Waals surface area contributed by atoms with Gasteiger partial charge in [0.1, 0.15) is 0 Å². The maximum Gasteiger partial charge on any atom is 0.324 e. The molecule has 9 heteroatoms. The van der Waals surface area contributed by atoms with E-state index in [4.69, 9.17) is 4.18 Å². The lowest BCUT2D eigenvalue weighted by Crippen LogP contribution is -2.45. The average molecular weight is 291 g/mol. The largest absolute Gasteiger partial charge is 0.336 e. The van der Waals surface area contributed by atoms with E-state index in [0.717, 1.165) is 11.2 Å². The Morgan fingerprint density at radius 3 is 2.68 bits per heavy atom. The fourth-order valence-corrected chi connectivity index (χ4v) is 3.05. The van der Waals surface area contributed by atoms with E-state index in [1.54, 1.807) is 11.9 Å². The van der Waals surface area contributed by atoms with Crippen LogP contribution in [0.5, 0.6) is 0 Å². The number of nitrogens with one attached hydrogen (secondary N) is 1. The summed E-state index contributed by atoms with van der Waals surface area (Å²) in [6, 6.07) is -0.915. The summed E-state index contributed by atoms with van der Waals surface area (Å²) >= 11 is 0. The number of amides is 3. The summed E-state index contributed by atoms with van der Waals surface area (Å²) in [5.41, 5.74) is 0. The van der Waals surface area contributed by atoms with Crippen LogP contribution in [0.2, 0.25) is 0 Å². The average Bonchev–Trinajstić information content (AvgIpc) is 2.82. The van der Waals surface area contributed by atoms with E-state index in [0.29, 0.717) is 19.6 Å². The van der Waals surface area contributed by atoms with Crippen LogP contribution in [0, 0.1) is 0 Å². The van der Waals surface area contributed by atoms with Gasteiger partial charge in [-0.05, 0) is 7.05 Å². The van der Waals surface area contributed by atoms with Crippen LogP contribution in [0.4, 0.5) is 4.79 Å². The Hall–Kier alpha value is -1.19. The van der Waals surface area contributed by atoms with Gasteiger partial charge in [0.2, 0.25) is 5.91 Å². The molecule has 3 amide bonds. The molecule has 0 aromatic heterocycles. The lowest BCUT2D eigenvalue weighted by atomic mass is 10.2. The van der Waals surface area contributed by atoms with Crippen LogP contribution < -0.4 is 5.32 Å². The van der Waals surface area contributed by atoms with Crippen LogP contribution in [0.1, 0.15) is 6.42 Å². The van der Waals surface area contributed by atoms with E-state index < -0.39 is 28.3 Å². The van der Waals surface area contributed by atoms with E-state index in [2.05, 4.69) is 5.32 Å². The van der Waals surface area contributed by atoms with Gasteiger partial charge in [0, 0.05) is 26.1 Å². The van der Waals surface area contributed by atoms with Gasteiger partial charge in [-0.15, -0.1) is 0 Å². The highest BCUT2D eigenvalue weighted by molar-refractivity contribution is 7.86. The van der Waals surface area contributed by atoms with Crippen molar-refractivity contribution in [3.63, 3.8) is 0 Å². The smallest absolute Gasteiger partial charge is 0.324 e. The summed E-state index contributed by atoms with van der Waals surface area (Å²) in [5, 5.41) is 2.56. The molecule has 19 heavy (non-hydrogen) atoms. The van der Waals surface area contributed by atoms with Gasteiger partial charge in [0.25, 0.3) is 10.1 Å². The molecular formula is C10H17N3O5S. The van der Waals surface area contributed by atoms with E-state index in [1.165, 1.54) is 0 Å². The second-order valence-corrected chi connectivity index (χ2v) is 6.44. The van der Waals surface area contributed by atoms with Crippen molar-refractivity contribution in [1.29, 1.82) is 0 Å². The molecule has 0 saturated carbocycles. The molecular weight excluding hydrogens is 274 g/mol. The summed E-state index contributed by atoms with van der Waals surface area (Å²) < 4.78 is 27.1. The number of imide groups is 1. The third kappa shape index (κ3) is 3.23. The van der Waals surface area contributed by atoms with Gasteiger partial charge in [-0.3, -0.25) is 18.8 Å². The van der Waals surface area contributed by atoms with Crippen molar-refractivity contribution in [2.45, 2.75) is 18.6 Å². The second-order valence-electron chi connectivity index (χ2n) is 4.84. The first kappa shape index (κ1) is 14.2. The SMILES string of the molecule is CN1C[C@H](OS(C)(=O)=O)C[C@H]1C(=O)N1CCNC1=O. The number of hydrogen-bond donors (Lipinski definition) is 1. The van der Waals surface area contributed by atoms with Gasteiger partial charge in [-0.2, -0.15) is 8.42 Å². The Morgan fingerprint density at radius 2 is 2.16 bits per heavy atom. The minimum atomic E-state index is -3.54. The number of rotatable bonds is 3. The molecule has 2 rings (SSSR count). The molecule has 2 atom stereocenters. The molecule has 2 aliphatic rings. The molecule has 0 aromatic rings. The van der Waals surface area contributed by atoms with Gasteiger partial charge in [-0.25, -0.2) is 4.79 Å². The molecule has 0 aliphatic carbocycles. The molecule has 0 unspecified atom stereocenters. The van der Waals surface area contributed by atoms with Crippen molar-refractivity contribution in [3.8, 4) is 0 Å². The molecule has 2 saturated heterocycles. The van der Waals surface area contributed by atoms with Crippen molar-refractivity contribution in [3.05, 3.63) is 0 Å². The Labute approximate surface area is 111 Å². The lowest BCUT2D eigenvalue weighted by Gasteiger charge is -2.22. The standard InChI is InChI=1S/C10H17N3O5S/c1-12-6-7(18-19(2,16)17)5-8(12)9(14)13-4-3-11-10(13)15/h7-8H,3-6H2,1-2H3,(H,11,15)/t7-,8+/m1/s1. The first-order valence-corrected chi connectivity index (χ1v) is 7.77. The highest BCUT2D eigenvalue weighted by Gasteiger charge is 2.41.